The van der Waals surface area contributed by atoms with Gasteiger partial charge in [-0.1, -0.05) is 19.1 Å². The Bertz CT molecular complexity index is 951. The Morgan fingerprint density at radius 3 is 2.00 bits per heavy atom. The summed E-state index contributed by atoms with van der Waals surface area (Å²) in [5.74, 6) is 2.85. The molecular weight excluding hydrogens is 402 g/mol. The second-order valence-corrected chi connectivity index (χ2v) is 9.87. The quantitative estimate of drug-likeness (QED) is 0.718. The molecule has 0 unspecified atom stereocenters. The van der Waals surface area contributed by atoms with E-state index in [-0.39, 0.29) is 4.90 Å². The molecule has 2 aromatic rings. The summed E-state index contributed by atoms with van der Waals surface area (Å²) in [5, 5.41) is 8.84. The molecule has 2 fully saturated rings. The van der Waals surface area contributed by atoms with Crippen molar-refractivity contribution in [2.24, 2.45) is 5.92 Å². The van der Waals surface area contributed by atoms with Gasteiger partial charge in [-0.15, -0.1) is 10.2 Å². The monoisotopic (exact) mass is 431 g/mol. The molecule has 162 valence electrons. The average Bonchev–Trinajstić information content (AvgIpc) is 2.80. The Morgan fingerprint density at radius 2 is 1.43 bits per heavy atom. The van der Waals surface area contributed by atoms with Gasteiger partial charge in [-0.3, -0.25) is 0 Å². The van der Waals surface area contributed by atoms with Gasteiger partial charge in [0, 0.05) is 39.3 Å². The maximum atomic E-state index is 13.0. The van der Waals surface area contributed by atoms with Gasteiger partial charge in [-0.05, 0) is 43.0 Å². The number of aromatic nitrogens is 2. The van der Waals surface area contributed by atoms with Gasteiger partial charge in [0.15, 0.2) is 11.6 Å². The topological polar surface area (TPSA) is 78.9 Å². The van der Waals surface area contributed by atoms with E-state index in [0.29, 0.717) is 31.9 Å². The summed E-state index contributed by atoms with van der Waals surface area (Å²) in [4.78, 5) is 4.58. The molecule has 1 aromatic heterocycles. The van der Waals surface area contributed by atoms with Crippen LogP contribution in [-0.4, -0.2) is 69.3 Å². The molecule has 9 heteroatoms. The standard InChI is InChI=1S/C21H29N5O3S/c1-17-9-11-24(12-10-17)20-7-8-21(23-22-20)25-13-15-26(16-14-25)30(27,28)19-6-4-3-5-18(19)29-2/h3-8,17H,9-16H2,1-2H3. The number of hydrogen-bond donors (Lipinski definition) is 0. The number of piperidine rings is 1. The Balaban J connectivity index is 1.40. The summed E-state index contributed by atoms with van der Waals surface area (Å²) in [6.45, 7) is 6.28. The van der Waals surface area contributed by atoms with Gasteiger partial charge < -0.3 is 14.5 Å². The third kappa shape index (κ3) is 4.22. The van der Waals surface area contributed by atoms with Crippen LogP contribution >= 0.6 is 0 Å². The van der Waals surface area contributed by atoms with Crippen molar-refractivity contribution in [3.63, 3.8) is 0 Å². The molecule has 3 heterocycles. The van der Waals surface area contributed by atoms with Gasteiger partial charge in [0.2, 0.25) is 10.0 Å². The van der Waals surface area contributed by atoms with Gasteiger partial charge in [-0.2, -0.15) is 4.31 Å². The number of methoxy groups -OCH3 is 1. The summed E-state index contributed by atoms with van der Waals surface area (Å²) in [5.41, 5.74) is 0. The van der Waals surface area contributed by atoms with E-state index in [9.17, 15) is 8.42 Å². The van der Waals surface area contributed by atoms with Crippen LogP contribution in [0.25, 0.3) is 0 Å². The summed E-state index contributed by atoms with van der Waals surface area (Å²) in [6.07, 6.45) is 2.37. The van der Waals surface area contributed by atoms with Crippen molar-refractivity contribution in [1.29, 1.82) is 0 Å². The molecule has 2 saturated heterocycles. The zero-order valence-electron chi connectivity index (χ0n) is 17.6. The van der Waals surface area contributed by atoms with Gasteiger partial charge in [-0.25, -0.2) is 8.42 Å². The average molecular weight is 432 g/mol. The minimum absolute atomic E-state index is 0.209. The van der Waals surface area contributed by atoms with E-state index in [4.69, 9.17) is 4.74 Å². The second-order valence-electron chi connectivity index (χ2n) is 7.96. The number of benzene rings is 1. The number of nitrogens with zero attached hydrogens (tertiary/aromatic N) is 5. The number of rotatable bonds is 5. The molecule has 0 saturated carbocycles. The lowest BCUT2D eigenvalue weighted by Gasteiger charge is -2.35. The Kier molecular flexibility index (Phi) is 6.10. The van der Waals surface area contributed by atoms with E-state index in [0.717, 1.165) is 30.6 Å². The van der Waals surface area contributed by atoms with Crippen molar-refractivity contribution in [2.45, 2.75) is 24.7 Å². The van der Waals surface area contributed by atoms with Gasteiger partial charge >= 0.3 is 0 Å². The smallest absolute Gasteiger partial charge is 0.246 e. The van der Waals surface area contributed by atoms with E-state index < -0.39 is 10.0 Å². The Hall–Kier alpha value is -2.39. The van der Waals surface area contributed by atoms with E-state index in [1.54, 1.807) is 24.3 Å². The molecule has 0 bridgehead atoms. The fourth-order valence-electron chi connectivity index (χ4n) is 4.02. The van der Waals surface area contributed by atoms with Crippen LogP contribution in [-0.2, 0) is 10.0 Å². The normalized spacial score (nSPS) is 19.1. The molecule has 30 heavy (non-hydrogen) atoms. The molecule has 0 spiro atoms. The highest BCUT2D eigenvalue weighted by molar-refractivity contribution is 7.89. The Labute approximate surface area is 178 Å². The lowest BCUT2D eigenvalue weighted by atomic mass is 9.99. The summed E-state index contributed by atoms with van der Waals surface area (Å²) in [6, 6.07) is 10.8. The maximum Gasteiger partial charge on any atom is 0.246 e. The van der Waals surface area contributed by atoms with E-state index in [2.05, 4.69) is 26.9 Å². The van der Waals surface area contributed by atoms with E-state index in [1.807, 2.05) is 12.1 Å². The van der Waals surface area contributed by atoms with Crippen molar-refractivity contribution in [1.82, 2.24) is 14.5 Å². The van der Waals surface area contributed by atoms with Crippen molar-refractivity contribution >= 4 is 21.7 Å². The maximum absolute atomic E-state index is 13.0. The molecule has 2 aliphatic heterocycles. The van der Waals surface area contributed by atoms with Crippen molar-refractivity contribution < 1.29 is 13.2 Å². The number of anilines is 2. The lowest BCUT2D eigenvalue weighted by Crippen LogP contribution is -2.49. The SMILES string of the molecule is COc1ccccc1S(=O)(=O)N1CCN(c2ccc(N3CCC(C)CC3)nn2)CC1. The molecule has 1 aromatic carbocycles. The van der Waals surface area contributed by atoms with Crippen LogP contribution in [0.5, 0.6) is 5.75 Å². The third-order valence-corrected chi connectivity index (χ3v) is 7.93. The minimum Gasteiger partial charge on any atom is -0.495 e. The van der Waals surface area contributed by atoms with Crippen LogP contribution in [0, 0.1) is 5.92 Å². The number of para-hydroxylation sites is 1. The van der Waals surface area contributed by atoms with Gasteiger partial charge in [0.05, 0.1) is 7.11 Å². The van der Waals surface area contributed by atoms with Crippen molar-refractivity contribution in [3.05, 3.63) is 36.4 Å². The van der Waals surface area contributed by atoms with Crippen molar-refractivity contribution in [3.8, 4) is 5.75 Å². The first-order chi connectivity index (χ1) is 14.5. The highest BCUT2D eigenvalue weighted by atomic mass is 32.2. The van der Waals surface area contributed by atoms with Gasteiger partial charge in [0.25, 0.3) is 0 Å². The van der Waals surface area contributed by atoms with Crippen LogP contribution in [0.4, 0.5) is 11.6 Å². The molecule has 2 aliphatic rings. The summed E-state index contributed by atoms with van der Waals surface area (Å²) in [7, 11) is -2.11. The highest BCUT2D eigenvalue weighted by Gasteiger charge is 2.31. The largest absolute Gasteiger partial charge is 0.495 e. The fraction of sp³-hybridized carbons (Fsp3) is 0.524. The van der Waals surface area contributed by atoms with E-state index in [1.165, 1.54) is 24.3 Å². The predicted octanol–water partition coefficient (Wildman–Crippen LogP) is 2.23. The van der Waals surface area contributed by atoms with Crippen molar-refractivity contribution in [2.75, 3.05) is 56.2 Å². The number of ether oxygens (including phenoxy) is 1. The summed E-state index contributed by atoms with van der Waals surface area (Å²) < 4.78 is 32.8. The first kappa shape index (κ1) is 20.9. The molecule has 0 N–H and O–H groups in total. The van der Waals surface area contributed by atoms with Crippen LogP contribution in [0.15, 0.2) is 41.3 Å². The van der Waals surface area contributed by atoms with Gasteiger partial charge in [0.1, 0.15) is 10.6 Å². The third-order valence-electron chi connectivity index (χ3n) is 5.99. The molecule has 0 atom stereocenters. The molecule has 0 aliphatic carbocycles. The zero-order valence-corrected chi connectivity index (χ0v) is 18.4. The van der Waals surface area contributed by atoms with Crippen LogP contribution in [0.2, 0.25) is 0 Å². The number of hydrogen-bond acceptors (Lipinski definition) is 7. The predicted molar refractivity (Wildman–Crippen MR) is 117 cm³/mol. The Morgan fingerprint density at radius 1 is 0.867 bits per heavy atom. The van der Waals surface area contributed by atoms with E-state index >= 15 is 0 Å². The molecule has 4 rings (SSSR count). The molecule has 8 nitrogen and oxygen atoms in total. The number of piperazine rings is 1. The highest BCUT2D eigenvalue weighted by Crippen LogP contribution is 2.28. The first-order valence-corrected chi connectivity index (χ1v) is 11.9. The zero-order chi connectivity index (χ0) is 21.1. The molecular formula is C21H29N5O3S. The summed E-state index contributed by atoms with van der Waals surface area (Å²) >= 11 is 0. The number of sulfonamides is 1. The van der Waals surface area contributed by atoms with Crippen LogP contribution in [0.1, 0.15) is 19.8 Å². The molecule has 0 amide bonds. The fourth-order valence-corrected chi connectivity index (χ4v) is 5.60. The van der Waals surface area contributed by atoms with Crippen LogP contribution in [0.3, 0.4) is 0 Å². The van der Waals surface area contributed by atoms with Crippen LogP contribution < -0.4 is 14.5 Å². The lowest BCUT2D eigenvalue weighted by molar-refractivity contribution is 0.373. The second kappa shape index (κ2) is 8.77. The first-order valence-electron chi connectivity index (χ1n) is 10.5. The molecule has 0 radical (unpaired) electrons. The minimum atomic E-state index is -3.60.